The molecule has 0 saturated heterocycles. The molecule has 0 aromatic heterocycles. The zero-order valence-electron chi connectivity index (χ0n) is 10.5. The molecule has 0 heterocycles. The lowest BCUT2D eigenvalue weighted by molar-refractivity contribution is 0.303. The highest BCUT2D eigenvalue weighted by Gasteiger charge is 2.05. The smallest absolute Gasteiger partial charge is 0.124 e. The Morgan fingerprint density at radius 2 is 1.95 bits per heavy atom. The van der Waals surface area contributed by atoms with E-state index in [2.05, 4.69) is 0 Å². The van der Waals surface area contributed by atoms with Crippen LogP contribution in [0.4, 0.5) is 0 Å². The van der Waals surface area contributed by atoms with E-state index in [1.54, 1.807) is 7.11 Å². The van der Waals surface area contributed by atoms with E-state index in [9.17, 15) is 0 Å². The number of hydrogen-bond acceptors (Lipinski definition) is 2. The van der Waals surface area contributed by atoms with Crippen LogP contribution in [0.5, 0.6) is 11.5 Å². The Morgan fingerprint density at radius 1 is 1.11 bits per heavy atom. The molecular formula is C15H14Cl2O2. The van der Waals surface area contributed by atoms with Crippen molar-refractivity contribution in [3.05, 3.63) is 58.6 Å². The molecule has 0 aliphatic carbocycles. The number of methoxy groups -OCH3 is 1. The van der Waals surface area contributed by atoms with Crippen molar-refractivity contribution in [3.8, 4) is 11.5 Å². The Kier molecular flexibility index (Phi) is 4.94. The van der Waals surface area contributed by atoms with E-state index < -0.39 is 0 Å². The van der Waals surface area contributed by atoms with Crippen LogP contribution in [0.15, 0.2) is 42.5 Å². The van der Waals surface area contributed by atoms with Crippen molar-refractivity contribution >= 4 is 23.2 Å². The van der Waals surface area contributed by atoms with Gasteiger partial charge in [-0.3, -0.25) is 0 Å². The third kappa shape index (κ3) is 3.79. The molecule has 2 nitrogen and oxygen atoms in total. The largest absolute Gasteiger partial charge is 0.497 e. The molecule has 19 heavy (non-hydrogen) atoms. The molecule has 0 aliphatic rings. The first-order chi connectivity index (χ1) is 9.22. The second kappa shape index (κ2) is 6.69. The van der Waals surface area contributed by atoms with Gasteiger partial charge in [-0.05, 0) is 35.9 Å². The van der Waals surface area contributed by atoms with E-state index in [1.165, 1.54) is 0 Å². The van der Waals surface area contributed by atoms with Crippen molar-refractivity contribution in [2.24, 2.45) is 0 Å². The third-order valence-electron chi connectivity index (χ3n) is 2.69. The van der Waals surface area contributed by atoms with Gasteiger partial charge in [0.1, 0.15) is 18.1 Å². The molecule has 100 valence electrons. The Balaban J connectivity index is 2.11. The second-order valence-corrected chi connectivity index (χ2v) is 4.73. The topological polar surface area (TPSA) is 18.5 Å². The standard InChI is InChI=1S/C15H14Cl2O2/c1-18-14-5-6-15(12(8-14)9-16)19-10-11-3-2-4-13(17)7-11/h2-8H,9-10H2,1H3. The monoisotopic (exact) mass is 296 g/mol. The maximum atomic E-state index is 5.93. The van der Waals surface area contributed by atoms with Gasteiger partial charge in [-0.25, -0.2) is 0 Å². The fourth-order valence-corrected chi connectivity index (χ4v) is 2.14. The van der Waals surface area contributed by atoms with Gasteiger partial charge >= 0.3 is 0 Å². The number of rotatable bonds is 5. The van der Waals surface area contributed by atoms with E-state index in [0.29, 0.717) is 17.5 Å². The molecular weight excluding hydrogens is 283 g/mol. The predicted molar refractivity (Wildman–Crippen MR) is 78.3 cm³/mol. The molecule has 0 fully saturated rings. The summed E-state index contributed by atoms with van der Waals surface area (Å²) in [5, 5.41) is 0.702. The van der Waals surface area contributed by atoms with Gasteiger partial charge in [0.2, 0.25) is 0 Å². The fraction of sp³-hybridized carbons (Fsp3) is 0.200. The number of benzene rings is 2. The van der Waals surface area contributed by atoms with Gasteiger partial charge in [0.15, 0.2) is 0 Å². The molecule has 0 N–H and O–H groups in total. The minimum atomic E-state index is 0.377. The second-order valence-electron chi connectivity index (χ2n) is 4.03. The summed E-state index contributed by atoms with van der Waals surface area (Å²) in [5.41, 5.74) is 1.92. The summed E-state index contributed by atoms with van der Waals surface area (Å²) in [4.78, 5) is 0. The Hall–Kier alpha value is -1.38. The van der Waals surface area contributed by atoms with Crippen LogP contribution in [-0.4, -0.2) is 7.11 Å². The molecule has 0 saturated carbocycles. The maximum absolute atomic E-state index is 5.93. The number of hydrogen-bond donors (Lipinski definition) is 0. The Labute approximate surface area is 122 Å². The van der Waals surface area contributed by atoms with Crippen LogP contribution in [-0.2, 0) is 12.5 Å². The third-order valence-corrected chi connectivity index (χ3v) is 3.22. The van der Waals surface area contributed by atoms with E-state index in [1.807, 2.05) is 42.5 Å². The fourth-order valence-electron chi connectivity index (χ4n) is 1.72. The van der Waals surface area contributed by atoms with Crippen molar-refractivity contribution in [1.82, 2.24) is 0 Å². The van der Waals surface area contributed by atoms with Gasteiger partial charge < -0.3 is 9.47 Å². The lowest BCUT2D eigenvalue weighted by Gasteiger charge is -2.11. The normalized spacial score (nSPS) is 10.3. The van der Waals surface area contributed by atoms with Gasteiger partial charge in [-0.15, -0.1) is 11.6 Å². The molecule has 4 heteroatoms. The zero-order valence-corrected chi connectivity index (χ0v) is 12.0. The van der Waals surface area contributed by atoms with Gasteiger partial charge in [-0.1, -0.05) is 23.7 Å². The van der Waals surface area contributed by atoms with Crippen molar-refractivity contribution < 1.29 is 9.47 Å². The number of alkyl halides is 1. The summed E-state index contributed by atoms with van der Waals surface area (Å²) >= 11 is 11.8. The first kappa shape index (κ1) is 14.0. The molecule has 0 aliphatic heterocycles. The minimum Gasteiger partial charge on any atom is -0.497 e. The van der Waals surface area contributed by atoms with Gasteiger partial charge in [0, 0.05) is 10.6 Å². The maximum Gasteiger partial charge on any atom is 0.124 e. The van der Waals surface area contributed by atoms with Gasteiger partial charge in [0.25, 0.3) is 0 Å². The molecule has 0 bridgehead atoms. The highest BCUT2D eigenvalue weighted by atomic mass is 35.5. The molecule has 0 unspecified atom stereocenters. The van der Waals surface area contributed by atoms with Crippen LogP contribution < -0.4 is 9.47 Å². The van der Waals surface area contributed by atoms with Crippen molar-refractivity contribution in [1.29, 1.82) is 0 Å². The van der Waals surface area contributed by atoms with Crippen LogP contribution >= 0.6 is 23.2 Å². The van der Waals surface area contributed by atoms with E-state index in [4.69, 9.17) is 32.7 Å². The van der Waals surface area contributed by atoms with Crippen molar-refractivity contribution in [2.45, 2.75) is 12.5 Å². The summed E-state index contributed by atoms with van der Waals surface area (Å²) in [7, 11) is 1.62. The van der Waals surface area contributed by atoms with E-state index in [0.717, 1.165) is 22.6 Å². The lowest BCUT2D eigenvalue weighted by Crippen LogP contribution is -1.98. The molecule has 0 spiro atoms. The molecule has 0 radical (unpaired) electrons. The first-order valence-electron chi connectivity index (χ1n) is 5.83. The zero-order chi connectivity index (χ0) is 13.7. The summed E-state index contributed by atoms with van der Waals surface area (Å²) < 4.78 is 10.9. The summed E-state index contributed by atoms with van der Waals surface area (Å²) in [6, 6.07) is 13.2. The van der Waals surface area contributed by atoms with Crippen molar-refractivity contribution in [2.75, 3.05) is 7.11 Å². The van der Waals surface area contributed by atoms with Crippen LogP contribution in [0.25, 0.3) is 0 Å². The van der Waals surface area contributed by atoms with Gasteiger partial charge in [-0.2, -0.15) is 0 Å². The molecule has 0 atom stereocenters. The SMILES string of the molecule is COc1ccc(OCc2cccc(Cl)c2)c(CCl)c1. The van der Waals surface area contributed by atoms with E-state index in [-0.39, 0.29) is 0 Å². The van der Waals surface area contributed by atoms with E-state index >= 15 is 0 Å². The van der Waals surface area contributed by atoms with Crippen LogP contribution in [0.3, 0.4) is 0 Å². The van der Waals surface area contributed by atoms with Crippen molar-refractivity contribution in [3.63, 3.8) is 0 Å². The quantitative estimate of drug-likeness (QED) is 0.747. The summed E-state index contributed by atoms with van der Waals surface area (Å²) in [6.45, 7) is 0.455. The predicted octanol–water partition coefficient (Wildman–Crippen LogP) is 4.67. The lowest BCUT2D eigenvalue weighted by atomic mass is 10.2. The summed E-state index contributed by atoms with van der Waals surface area (Å²) in [5.74, 6) is 1.91. The molecule has 2 rings (SSSR count). The Morgan fingerprint density at radius 3 is 2.63 bits per heavy atom. The van der Waals surface area contributed by atoms with Crippen LogP contribution in [0.1, 0.15) is 11.1 Å². The first-order valence-corrected chi connectivity index (χ1v) is 6.74. The molecule has 2 aromatic carbocycles. The highest BCUT2D eigenvalue weighted by molar-refractivity contribution is 6.30. The average Bonchev–Trinajstić information content (AvgIpc) is 2.45. The summed E-state index contributed by atoms with van der Waals surface area (Å²) in [6.07, 6.45) is 0. The van der Waals surface area contributed by atoms with Crippen LogP contribution in [0, 0.1) is 0 Å². The highest BCUT2D eigenvalue weighted by Crippen LogP contribution is 2.26. The molecule has 0 amide bonds. The average molecular weight is 297 g/mol. The minimum absolute atomic E-state index is 0.377. The molecule has 2 aromatic rings. The number of ether oxygens (including phenoxy) is 2. The van der Waals surface area contributed by atoms with Crippen LogP contribution in [0.2, 0.25) is 5.02 Å². The number of halogens is 2. The Bertz CT molecular complexity index is 556. The van der Waals surface area contributed by atoms with Gasteiger partial charge in [0.05, 0.1) is 13.0 Å².